The molecule has 0 bridgehead atoms. The number of hydrogen-bond acceptors (Lipinski definition) is 4. The minimum absolute atomic E-state index is 0.163. The van der Waals surface area contributed by atoms with Crippen LogP contribution in [0.3, 0.4) is 0 Å². The normalized spacial score (nSPS) is 29.9. The third kappa shape index (κ3) is 5.40. The van der Waals surface area contributed by atoms with Crippen LogP contribution in [-0.2, 0) is 9.84 Å². The van der Waals surface area contributed by atoms with Gasteiger partial charge in [-0.2, -0.15) is 0 Å². The summed E-state index contributed by atoms with van der Waals surface area (Å²) in [7, 11) is -2.84. The van der Waals surface area contributed by atoms with Crippen molar-refractivity contribution in [2.75, 3.05) is 31.6 Å². The van der Waals surface area contributed by atoms with Crippen LogP contribution in [0.25, 0.3) is 0 Å². The standard InChI is InChI=1S/C14H30N2O2S/c1-6-14(4)11-16(8-7-9-19(5,17)18)13(10-15-14)12(2)3/h12-13,15H,6-11H2,1-5H3. The maximum atomic E-state index is 11.2. The van der Waals surface area contributed by atoms with Crippen molar-refractivity contribution in [3.63, 3.8) is 0 Å². The van der Waals surface area contributed by atoms with Crippen LogP contribution in [0.4, 0.5) is 0 Å². The molecule has 0 amide bonds. The fourth-order valence-corrected chi connectivity index (χ4v) is 3.42. The molecule has 0 aromatic rings. The van der Waals surface area contributed by atoms with E-state index < -0.39 is 9.84 Å². The molecular weight excluding hydrogens is 260 g/mol. The van der Waals surface area contributed by atoms with Crippen LogP contribution in [0.15, 0.2) is 0 Å². The minimum Gasteiger partial charge on any atom is -0.309 e. The van der Waals surface area contributed by atoms with Crippen LogP contribution < -0.4 is 5.32 Å². The number of rotatable bonds is 6. The fraction of sp³-hybridized carbons (Fsp3) is 1.00. The van der Waals surface area contributed by atoms with Gasteiger partial charge in [0.1, 0.15) is 9.84 Å². The molecule has 5 heteroatoms. The largest absolute Gasteiger partial charge is 0.309 e. The average Bonchev–Trinajstić information content (AvgIpc) is 2.27. The first-order chi connectivity index (χ1) is 8.67. The van der Waals surface area contributed by atoms with Gasteiger partial charge in [0.05, 0.1) is 5.75 Å². The molecule has 0 spiro atoms. The van der Waals surface area contributed by atoms with Crippen LogP contribution in [0.5, 0.6) is 0 Å². The van der Waals surface area contributed by atoms with Crippen LogP contribution in [0.1, 0.15) is 40.5 Å². The van der Waals surface area contributed by atoms with E-state index in [0.717, 1.165) is 32.5 Å². The van der Waals surface area contributed by atoms with Crippen molar-refractivity contribution in [2.24, 2.45) is 5.92 Å². The molecule has 1 saturated heterocycles. The monoisotopic (exact) mass is 290 g/mol. The zero-order chi connectivity index (χ0) is 14.7. The van der Waals surface area contributed by atoms with Gasteiger partial charge in [-0.25, -0.2) is 8.42 Å². The summed E-state index contributed by atoms with van der Waals surface area (Å²) in [6.07, 6.45) is 3.16. The van der Waals surface area contributed by atoms with E-state index in [2.05, 4.69) is 37.9 Å². The molecule has 2 atom stereocenters. The summed E-state index contributed by atoms with van der Waals surface area (Å²) >= 11 is 0. The molecule has 1 aliphatic heterocycles. The first-order valence-corrected chi connectivity index (χ1v) is 9.40. The predicted molar refractivity (Wildman–Crippen MR) is 81.2 cm³/mol. The smallest absolute Gasteiger partial charge is 0.147 e. The third-order valence-electron chi connectivity index (χ3n) is 4.27. The van der Waals surface area contributed by atoms with Crippen molar-refractivity contribution >= 4 is 9.84 Å². The van der Waals surface area contributed by atoms with Gasteiger partial charge in [0.2, 0.25) is 0 Å². The Balaban J connectivity index is 2.62. The number of nitrogens with one attached hydrogen (secondary N) is 1. The number of piperazine rings is 1. The second-order valence-electron chi connectivity index (χ2n) is 6.56. The Labute approximate surface area is 118 Å². The van der Waals surface area contributed by atoms with E-state index >= 15 is 0 Å². The summed E-state index contributed by atoms with van der Waals surface area (Å²) in [5.41, 5.74) is 0.163. The second-order valence-corrected chi connectivity index (χ2v) is 8.82. The van der Waals surface area contributed by atoms with E-state index in [0.29, 0.717) is 17.7 Å². The SMILES string of the molecule is CCC1(C)CN(CCCS(C)(=O)=O)C(C(C)C)CN1. The maximum Gasteiger partial charge on any atom is 0.147 e. The van der Waals surface area contributed by atoms with E-state index in [1.807, 2.05) is 0 Å². The van der Waals surface area contributed by atoms with Crippen LogP contribution in [0, 0.1) is 5.92 Å². The topological polar surface area (TPSA) is 49.4 Å². The Bertz CT molecular complexity index is 381. The van der Waals surface area contributed by atoms with Gasteiger partial charge >= 0.3 is 0 Å². The number of nitrogens with zero attached hydrogens (tertiary/aromatic N) is 1. The molecule has 1 heterocycles. The van der Waals surface area contributed by atoms with Crippen molar-refractivity contribution in [3.05, 3.63) is 0 Å². The van der Waals surface area contributed by atoms with E-state index in [9.17, 15) is 8.42 Å². The maximum absolute atomic E-state index is 11.2. The number of sulfone groups is 1. The van der Waals surface area contributed by atoms with Gasteiger partial charge in [-0.15, -0.1) is 0 Å². The Morgan fingerprint density at radius 1 is 1.42 bits per heavy atom. The molecule has 0 aromatic carbocycles. The lowest BCUT2D eigenvalue weighted by Gasteiger charge is -2.47. The van der Waals surface area contributed by atoms with Gasteiger partial charge in [-0.05, 0) is 32.2 Å². The van der Waals surface area contributed by atoms with E-state index in [-0.39, 0.29) is 5.54 Å². The molecule has 0 aliphatic carbocycles. The Kier molecular flexibility index (Phi) is 5.83. The molecule has 1 N–H and O–H groups in total. The lowest BCUT2D eigenvalue weighted by Crippen LogP contribution is -2.64. The van der Waals surface area contributed by atoms with Crippen LogP contribution in [0.2, 0.25) is 0 Å². The van der Waals surface area contributed by atoms with E-state index in [1.54, 1.807) is 0 Å². The first-order valence-electron chi connectivity index (χ1n) is 7.33. The highest BCUT2D eigenvalue weighted by atomic mass is 32.2. The molecule has 4 nitrogen and oxygen atoms in total. The highest BCUT2D eigenvalue weighted by molar-refractivity contribution is 7.90. The highest BCUT2D eigenvalue weighted by Crippen LogP contribution is 2.22. The van der Waals surface area contributed by atoms with Crippen LogP contribution >= 0.6 is 0 Å². The Morgan fingerprint density at radius 3 is 2.53 bits per heavy atom. The van der Waals surface area contributed by atoms with Crippen LogP contribution in [-0.4, -0.2) is 56.5 Å². The molecule has 2 unspecified atom stereocenters. The van der Waals surface area contributed by atoms with Gasteiger partial charge in [0.25, 0.3) is 0 Å². The quantitative estimate of drug-likeness (QED) is 0.806. The van der Waals surface area contributed by atoms with Crippen molar-refractivity contribution < 1.29 is 8.42 Å². The van der Waals surface area contributed by atoms with Gasteiger partial charge in [0.15, 0.2) is 0 Å². The molecule has 1 fully saturated rings. The van der Waals surface area contributed by atoms with Crippen molar-refractivity contribution in [3.8, 4) is 0 Å². The van der Waals surface area contributed by atoms with Gasteiger partial charge < -0.3 is 5.32 Å². The summed E-state index contributed by atoms with van der Waals surface area (Å²) in [5, 5.41) is 3.65. The van der Waals surface area contributed by atoms with Crippen molar-refractivity contribution in [2.45, 2.75) is 52.1 Å². The fourth-order valence-electron chi connectivity index (χ4n) is 2.77. The molecule has 0 saturated carbocycles. The highest BCUT2D eigenvalue weighted by Gasteiger charge is 2.35. The lowest BCUT2D eigenvalue weighted by molar-refractivity contribution is 0.0607. The van der Waals surface area contributed by atoms with Crippen molar-refractivity contribution in [1.29, 1.82) is 0 Å². The van der Waals surface area contributed by atoms with Gasteiger partial charge in [0, 0.05) is 30.9 Å². The van der Waals surface area contributed by atoms with E-state index in [1.165, 1.54) is 6.26 Å². The molecule has 0 radical (unpaired) electrons. The lowest BCUT2D eigenvalue weighted by atomic mass is 9.90. The minimum atomic E-state index is -2.84. The van der Waals surface area contributed by atoms with Gasteiger partial charge in [-0.1, -0.05) is 20.8 Å². The molecule has 19 heavy (non-hydrogen) atoms. The molecule has 1 aliphatic rings. The second kappa shape index (κ2) is 6.55. The first kappa shape index (κ1) is 16.9. The summed E-state index contributed by atoms with van der Waals surface area (Å²) in [5.74, 6) is 0.886. The predicted octanol–water partition coefficient (Wildman–Crippen LogP) is 1.52. The molecule has 1 rings (SSSR count). The Hall–Kier alpha value is -0.130. The Morgan fingerprint density at radius 2 is 2.05 bits per heavy atom. The summed E-state index contributed by atoms with van der Waals surface area (Å²) in [4.78, 5) is 2.48. The number of hydrogen-bond donors (Lipinski definition) is 1. The zero-order valence-electron chi connectivity index (χ0n) is 13.1. The van der Waals surface area contributed by atoms with Gasteiger partial charge in [-0.3, -0.25) is 4.90 Å². The molecule has 114 valence electrons. The van der Waals surface area contributed by atoms with Crippen molar-refractivity contribution in [1.82, 2.24) is 10.2 Å². The summed E-state index contributed by atoms with van der Waals surface area (Å²) < 4.78 is 22.5. The summed E-state index contributed by atoms with van der Waals surface area (Å²) in [6.45, 7) is 11.8. The molecular formula is C14H30N2O2S. The average molecular weight is 290 g/mol. The zero-order valence-corrected chi connectivity index (χ0v) is 13.9. The third-order valence-corrected chi connectivity index (χ3v) is 5.30. The van der Waals surface area contributed by atoms with E-state index in [4.69, 9.17) is 0 Å². The summed E-state index contributed by atoms with van der Waals surface area (Å²) in [6, 6.07) is 0.513. The molecule has 0 aromatic heterocycles.